The highest BCUT2D eigenvalue weighted by Gasteiger charge is 2.22. The van der Waals surface area contributed by atoms with E-state index in [0.717, 1.165) is 37.1 Å². The summed E-state index contributed by atoms with van der Waals surface area (Å²) in [5.41, 5.74) is 6.63. The normalized spacial score (nSPS) is 14.3. The fourth-order valence-corrected chi connectivity index (χ4v) is 3.92. The Morgan fingerprint density at radius 1 is 1.17 bits per heavy atom. The molecule has 0 fully saturated rings. The second-order valence-electron chi connectivity index (χ2n) is 7.67. The van der Waals surface area contributed by atoms with E-state index in [1.165, 1.54) is 21.5 Å². The van der Waals surface area contributed by atoms with Gasteiger partial charge in [0.15, 0.2) is 5.78 Å². The van der Waals surface area contributed by atoms with Crippen LogP contribution >= 0.6 is 0 Å². The minimum absolute atomic E-state index is 0.0966. The molecule has 3 aromatic rings. The van der Waals surface area contributed by atoms with E-state index in [1.807, 2.05) is 13.0 Å². The number of tetrazole rings is 1. The van der Waals surface area contributed by atoms with Crippen molar-refractivity contribution in [1.29, 1.82) is 0 Å². The molecule has 7 nitrogen and oxygen atoms in total. The maximum Gasteiger partial charge on any atom is 0.266 e. The molecule has 1 aliphatic rings. The van der Waals surface area contributed by atoms with E-state index >= 15 is 0 Å². The lowest BCUT2D eigenvalue weighted by Crippen LogP contribution is -2.32. The first kappa shape index (κ1) is 19.9. The molecule has 1 aliphatic heterocycles. The van der Waals surface area contributed by atoms with Gasteiger partial charge < -0.3 is 4.90 Å². The molecule has 0 unspecified atom stereocenters. The molecule has 0 amide bonds. The first-order valence-corrected chi connectivity index (χ1v) is 10.3. The number of aromatic nitrogens is 5. The van der Waals surface area contributed by atoms with Crippen LogP contribution in [0.3, 0.4) is 0 Å². The van der Waals surface area contributed by atoms with Gasteiger partial charge in [0.2, 0.25) is 0 Å². The van der Waals surface area contributed by atoms with E-state index < -0.39 is 0 Å². The Hall–Kier alpha value is -3.35. The van der Waals surface area contributed by atoms with Gasteiger partial charge in [-0.3, -0.25) is 9.78 Å². The van der Waals surface area contributed by atoms with Crippen molar-refractivity contribution in [2.75, 3.05) is 18.0 Å². The summed E-state index contributed by atoms with van der Waals surface area (Å²) in [6.07, 6.45) is 5.76. The summed E-state index contributed by atoms with van der Waals surface area (Å²) in [5.74, 6) is 0.763. The standard InChI is InChI=1S/C23H26N6O/c1-4-18-10-12-29(23-25-27-28(3)26-23)15-21(18)19-7-5-17(6-8-19)13-22(30)20-14-24-11-9-16(20)2/h5-9,11,14H,4,10,12-13,15H2,1-3H3. The molecule has 0 bridgehead atoms. The Morgan fingerprint density at radius 3 is 2.63 bits per heavy atom. The summed E-state index contributed by atoms with van der Waals surface area (Å²) in [6, 6.07) is 10.2. The number of nitrogens with zero attached hydrogens (tertiary/aromatic N) is 6. The lowest BCUT2D eigenvalue weighted by molar-refractivity contribution is 0.0992. The predicted molar refractivity (Wildman–Crippen MR) is 116 cm³/mol. The molecule has 30 heavy (non-hydrogen) atoms. The monoisotopic (exact) mass is 402 g/mol. The van der Waals surface area contributed by atoms with Crippen LogP contribution in [-0.4, -0.2) is 44.1 Å². The van der Waals surface area contributed by atoms with Crippen LogP contribution in [0.15, 0.2) is 48.3 Å². The van der Waals surface area contributed by atoms with Gasteiger partial charge in [0.05, 0.1) is 7.05 Å². The van der Waals surface area contributed by atoms with E-state index in [-0.39, 0.29) is 5.78 Å². The molecule has 7 heteroatoms. The molecule has 0 radical (unpaired) electrons. The van der Waals surface area contributed by atoms with Gasteiger partial charge in [-0.15, -0.1) is 5.10 Å². The number of pyridine rings is 1. The highest BCUT2D eigenvalue weighted by Crippen LogP contribution is 2.30. The third-order valence-electron chi connectivity index (χ3n) is 5.67. The Balaban J connectivity index is 1.52. The van der Waals surface area contributed by atoms with Crippen molar-refractivity contribution in [3.05, 3.63) is 70.6 Å². The van der Waals surface area contributed by atoms with Gasteiger partial charge in [-0.2, -0.15) is 4.80 Å². The number of hydrogen-bond acceptors (Lipinski definition) is 6. The number of carbonyl (C=O) groups excluding carboxylic acids is 1. The lowest BCUT2D eigenvalue weighted by atomic mass is 9.91. The summed E-state index contributed by atoms with van der Waals surface area (Å²) < 4.78 is 0. The topological polar surface area (TPSA) is 76.8 Å². The summed E-state index contributed by atoms with van der Waals surface area (Å²) in [7, 11) is 1.78. The summed E-state index contributed by atoms with van der Waals surface area (Å²) in [6.45, 7) is 5.81. The van der Waals surface area contributed by atoms with Crippen molar-refractivity contribution in [3.63, 3.8) is 0 Å². The number of benzene rings is 1. The smallest absolute Gasteiger partial charge is 0.266 e. The van der Waals surface area contributed by atoms with Crippen molar-refractivity contribution in [2.24, 2.45) is 7.05 Å². The highest BCUT2D eigenvalue weighted by atomic mass is 16.1. The zero-order chi connectivity index (χ0) is 21.1. The van der Waals surface area contributed by atoms with Crippen LogP contribution in [0, 0.1) is 6.92 Å². The van der Waals surface area contributed by atoms with Crippen molar-refractivity contribution in [3.8, 4) is 0 Å². The zero-order valence-electron chi connectivity index (χ0n) is 17.7. The van der Waals surface area contributed by atoms with Gasteiger partial charge in [-0.25, -0.2) is 0 Å². The number of aryl methyl sites for hydroxylation is 2. The SMILES string of the molecule is CCC1=C(c2ccc(CC(=O)c3cnccc3C)cc2)CN(c2nnn(C)n2)CC1. The maximum absolute atomic E-state index is 12.6. The number of rotatable bonds is 6. The Kier molecular flexibility index (Phi) is 5.70. The third kappa shape index (κ3) is 4.15. The molecule has 0 saturated carbocycles. The highest BCUT2D eigenvalue weighted by molar-refractivity contribution is 5.98. The van der Waals surface area contributed by atoms with Gasteiger partial charge in [0, 0.05) is 37.5 Å². The minimum atomic E-state index is 0.0966. The molecule has 3 heterocycles. The summed E-state index contributed by atoms with van der Waals surface area (Å²) >= 11 is 0. The Bertz CT molecular complexity index is 1080. The largest absolute Gasteiger partial charge is 0.334 e. The van der Waals surface area contributed by atoms with Crippen LogP contribution < -0.4 is 4.90 Å². The van der Waals surface area contributed by atoms with E-state index in [9.17, 15) is 4.79 Å². The lowest BCUT2D eigenvalue weighted by Gasteiger charge is -2.30. The molecule has 154 valence electrons. The van der Waals surface area contributed by atoms with Gasteiger partial charge in [-0.1, -0.05) is 41.9 Å². The first-order valence-electron chi connectivity index (χ1n) is 10.3. The van der Waals surface area contributed by atoms with Gasteiger partial charge in [-0.05, 0) is 53.3 Å². The van der Waals surface area contributed by atoms with Crippen LogP contribution in [0.25, 0.3) is 5.57 Å². The van der Waals surface area contributed by atoms with Crippen molar-refractivity contribution >= 4 is 17.3 Å². The summed E-state index contributed by atoms with van der Waals surface area (Å²) in [4.78, 5) is 20.4. The first-order chi connectivity index (χ1) is 14.5. The molecule has 0 spiro atoms. The Morgan fingerprint density at radius 2 is 1.97 bits per heavy atom. The number of Topliss-reactive ketones (excluding diaryl/α,β-unsaturated/α-hetero) is 1. The zero-order valence-corrected chi connectivity index (χ0v) is 17.7. The molecular weight excluding hydrogens is 376 g/mol. The third-order valence-corrected chi connectivity index (χ3v) is 5.67. The predicted octanol–water partition coefficient (Wildman–Crippen LogP) is 3.41. The van der Waals surface area contributed by atoms with Crippen LogP contribution in [0.1, 0.15) is 46.8 Å². The number of ketones is 1. The Labute approximate surface area is 176 Å². The molecular formula is C23H26N6O. The van der Waals surface area contributed by atoms with E-state index in [2.05, 4.69) is 56.5 Å². The van der Waals surface area contributed by atoms with Crippen molar-refractivity contribution in [2.45, 2.75) is 33.1 Å². The second-order valence-corrected chi connectivity index (χ2v) is 7.67. The van der Waals surface area contributed by atoms with Crippen LogP contribution in [0.2, 0.25) is 0 Å². The molecule has 0 atom stereocenters. The van der Waals surface area contributed by atoms with Crippen LogP contribution in [0.4, 0.5) is 5.95 Å². The van der Waals surface area contributed by atoms with E-state index in [1.54, 1.807) is 19.4 Å². The number of hydrogen-bond donors (Lipinski definition) is 0. The van der Waals surface area contributed by atoms with Crippen LogP contribution in [0.5, 0.6) is 0 Å². The number of anilines is 1. The van der Waals surface area contributed by atoms with Crippen molar-refractivity contribution < 1.29 is 4.79 Å². The van der Waals surface area contributed by atoms with Crippen LogP contribution in [-0.2, 0) is 13.5 Å². The van der Waals surface area contributed by atoms with E-state index in [0.29, 0.717) is 17.9 Å². The van der Waals surface area contributed by atoms with Crippen molar-refractivity contribution in [1.82, 2.24) is 25.2 Å². The van der Waals surface area contributed by atoms with E-state index in [4.69, 9.17) is 0 Å². The molecule has 1 aromatic carbocycles. The molecule has 0 N–H and O–H groups in total. The molecule has 4 rings (SSSR count). The maximum atomic E-state index is 12.6. The van der Waals surface area contributed by atoms with Gasteiger partial charge in [0.1, 0.15) is 0 Å². The minimum Gasteiger partial charge on any atom is -0.334 e. The fraction of sp³-hybridized carbons (Fsp3) is 0.348. The molecule has 2 aromatic heterocycles. The summed E-state index contributed by atoms with van der Waals surface area (Å²) in [5, 5.41) is 12.5. The van der Waals surface area contributed by atoms with Gasteiger partial charge in [0.25, 0.3) is 5.95 Å². The fourth-order valence-electron chi connectivity index (χ4n) is 3.92. The quantitative estimate of drug-likeness (QED) is 0.588. The average molecular weight is 403 g/mol. The molecule has 0 saturated heterocycles. The molecule has 0 aliphatic carbocycles. The number of carbonyl (C=O) groups is 1. The second kappa shape index (κ2) is 8.57. The van der Waals surface area contributed by atoms with Gasteiger partial charge >= 0.3 is 0 Å². The average Bonchev–Trinajstić information content (AvgIpc) is 3.20.